The molecule has 0 atom stereocenters. The predicted octanol–water partition coefficient (Wildman–Crippen LogP) is 2.69. The summed E-state index contributed by atoms with van der Waals surface area (Å²) in [7, 11) is 0. The summed E-state index contributed by atoms with van der Waals surface area (Å²) < 4.78 is 14.8. The standard InChI is InChI=1S/C15H12FNO3/c16-10-3-1-9(2-4-10)13-7-14(18)12(15(19)20)8-17(13)11-5-6-11/h1-4,7-8,11H,5-6H2,(H,19,20). The molecule has 1 aromatic carbocycles. The molecule has 1 aliphatic rings. The third-order valence-corrected chi connectivity index (χ3v) is 3.39. The Morgan fingerprint density at radius 3 is 2.45 bits per heavy atom. The van der Waals surface area contributed by atoms with Crippen LogP contribution < -0.4 is 5.43 Å². The summed E-state index contributed by atoms with van der Waals surface area (Å²) in [5.74, 6) is -1.58. The fourth-order valence-electron chi connectivity index (χ4n) is 2.22. The van der Waals surface area contributed by atoms with Crippen LogP contribution in [0.1, 0.15) is 29.2 Å². The van der Waals surface area contributed by atoms with Crippen molar-refractivity contribution >= 4 is 5.97 Å². The summed E-state index contributed by atoms with van der Waals surface area (Å²) in [6.45, 7) is 0. The second-order valence-corrected chi connectivity index (χ2v) is 4.89. The van der Waals surface area contributed by atoms with Crippen LogP contribution in [0.25, 0.3) is 11.3 Å². The van der Waals surface area contributed by atoms with E-state index in [-0.39, 0.29) is 17.4 Å². The molecule has 0 bridgehead atoms. The maximum atomic E-state index is 13.0. The number of hydrogen-bond acceptors (Lipinski definition) is 2. The number of halogens is 1. The zero-order valence-corrected chi connectivity index (χ0v) is 10.5. The van der Waals surface area contributed by atoms with Crippen molar-refractivity contribution in [1.29, 1.82) is 0 Å². The molecular formula is C15H12FNO3. The van der Waals surface area contributed by atoms with E-state index in [2.05, 4.69) is 0 Å². The van der Waals surface area contributed by atoms with Crippen LogP contribution in [0.5, 0.6) is 0 Å². The van der Waals surface area contributed by atoms with Gasteiger partial charge in [-0.15, -0.1) is 0 Å². The fraction of sp³-hybridized carbons (Fsp3) is 0.200. The van der Waals surface area contributed by atoms with Gasteiger partial charge < -0.3 is 9.67 Å². The lowest BCUT2D eigenvalue weighted by atomic mass is 10.1. The first-order valence-corrected chi connectivity index (χ1v) is 6.31. The lowest BCUT2D eigenvalue weighted by molar-refractivity contribution is 0.0694. The van der Waals surface area contributed by atoms with E-state index >= 15 is 0 Å². The summed E-state index contributed by atoms with van der Waals surface area (Å²) in [5, 5.41) is 9.03. The average molecular weight is 273 g/mol. The maximum absolute atomic E-state index is 13.0. The number of rotatable bonds is 3. The molecule has 5 heteroatoms. The normalized spacial score (nSPS) is 14.2. The highest BCUT2D eigenvalue weighted by Gasteiger charge is 2.27. The molecule has 4 nitrogen and oxygen atoms in total. The van der Waals surface area contributed by atoms with Crippen molar-refractivity contribution < 1.29 is 14.3 Å². The number of aromatic nitrogens is 1. The van der Waals surface area contributed by atoms with Crippen molar-refractivity contribution in [3.63, 3.8) is 0 Å². The minimum atomic E-state index is -1.23. The Balaban J connectivity index is 2.19. The van der Waals surface area contributed by atoms with Gasteiger partial charge in [0.15, 0.2) is 5.43 Å². The zero-order chi connectivity index (χ0) is 14.3. The number of carboxylic acid groups (broad SMARTS) is 1. The number of carbonyl (C=O) groups is 1. The molecule has 1 aromatic heterocycles. The molecule has 1 N–H and O–H groups in total. The highest BCUT2D eigenvalue weighted by atomic mass is 19.1. The van der Waals surface area contributed by atoms with Gasteiger partial charge in [-0.1, -0.05) is 0 Å². The molecule has 0 saturated heterocycles. The summed E-state index contributed by atoms with van der Waals surface area (Å²) in [6.07, 6.45) is 3.30. The molecule has 3 rings (SSSR count). The third kappa shape index (κ3) is 2.22. The van der Waals surface area contributed by atoms with Crippen LogP contribution in [0.2, 0.25) is 0 Å². The molecule has 2 aromatic rings. The van der Waals surface area contributed by atoms with Gasteiger partial charge in [-0.25, -0.2) is 9.18 Å². The summed E-state index contributed by atoms with van der Waals surface area (Å²) in [6, 6.07) is 7.35. The molecule has 1 heterocycles. The Morgan fingerprint density at radius 1 is 1.25 bits per heavy atom. The molecule has 0 aliphatic heterocycles. The van der Waals surface area contributed by atoms with Crippen LogP contribution in [0, 0.1) is 5.82 Å². The van der Waals surface area contributed by atoms with E-state index in [4.69, 9.17) is 5.11 Å². The second kappa shape index (κ2) is 4.59. The quantitative estimate of drug-likeness (QED) is 0.935. The molecule has 1 fully saturated rings. The van der Waals surface area contributed by atoms with Crippen LogP contribution in [0.15, 0.2) is 41.3 Å². The topological polar surface area (TPSA) is 59.3 Å². The minimum Gasteiger partial charge on any atom is -0.477 e. The fourth-order valence-corrected chi connectivity index (χ4v) is 2.22. The number of aromatic carboxylic acids is 1. The Kier molecular flexibility index (Phi) is 2.89. The van der Waals surface area contributed by atoms with Crippen LogP contribution in [-0.2, 0) is 0 Å². The maximum Gasteiger partial charge on any atom is 0.341 e. The smallest absolute Gasteiger partial charge is 0.341 e. The van der Waals surface area contributed by atoms with Gasteiger partial charge >= 0.3 is 5.97 Å². The van der Waals surface area contributed by atoms with E-state index in [1.54, 1.807) is 16.7 Å². The Morgan fingerprint density at radius 2 is 1.90 bits per heavy atom. The molecule has 0 radical (unpaired) electrons. The van der Waals surface area contributed by atoms with Crippen LogP contribution in [0.3, 0.4) is 0 Å². The van der Waals surface area contributed by atoms with E-state index in [1.807, 2.05) is 0 Å². The first-order chi connectivity index (χ1) is 9.56. The van der Waals surface area contributed by atoms with Crippen molar-refractivity contribution in [1.82, 2.24) is 4.57 Å². The van der Waals surface area contributed by atoms with Crippen molar-refractivity contribution in [3.05, 3.63) is 58.1 Å². The van der Waals surface area contributed by atoms with E-state index in [0.29, 0.717) is 11.3 Å². The van der Waals surface area contributed by atoms with Gasteiger partial charge in [0.1, 0.15) is 11.4 Å². The van der Waals surface area contributed by atoms with Crippen LogP contribution in [0.4, 0.5) is 4.39 Å². The summed E-state index contributed by atoms with van der Waals surface area (Å²) in [5.41, 5.74) is 0.561. The number of benzene rings is 1. The Labute approximate surface area is 114 Å². The number of pyridine rings is 1. The number of carboxylic acids is 1. The first kappa shape index (κ1) is 12.6. The van der Waals surface area contributed by atoms with E-state index in [9.17, 15) is 14.0 Å². The number of hydrogen-bond donors (Lipinski definition) is 1. The monoisotopic (exact) mass is 273 g/mol. The molecule has 0 spiro atoms. The Hall–Kier alpha value is -2.43. The molecule has 1 aliphatic carbocycles. The largest absolute Gasteiger partial charge is 0.477 e. The summed E-state index contributed by atoms with van der Waals surface area (Å²) >= 11 is 0. The van der Waals surface area contributed by atoms with Gasteiger partial charge in [-0.05, 0) is 42.7 Å². The van der Waals surface area contributed by atoms with E-state index in [1.165, 1.54) is 24.4 Å². The molecule has 20 heavy (non-hydrogen) atoms. The van der Waals surface area contributed by atoms with Gasteiger partial charge in [-0.2, -0.15) is 0 Å². The third-order valence-electron chi connectivity index (χ3n) is 3.39. The zero-order valence-electron chi connectivity index (χ0n) is 10.5. The molecule has 1 saturated carbocycles. The van der Waals surface area contributed by atoms with Gasteiger partial charge in [0.2, 0.25) is 0 Å². The van der Waals surface area contributed by atoms with Gasteiger partial charge in [-0.3, -0.25) is 4.79 Å². The predicted molar refractivity (Wildman–Crippen MR) is 71.3 cm³/mol. The van der Waals surface area contributed by atoms with Gasteiger partial charge in [0.05, 0.1) is 5.69 Å². The molecule has 0 amide bonds. The van der Waals surface area contributed by atoms with Crippen LogP contribution >= 0.6 is 0 Å². The first-order valence-electron chi connectivity index (χ1n) is 6.31. The van der Waals surface area contributed by atoms with Crippen LogP contribution in [-0.4, -0.2) is 15.6 Å². The highest BCUT2D eigenvalue weighted by Crippen LogP contribution is 2.38. The lowest BCUT2D eigenvalue weighted by Crippen LogP contribution is -2.18. The highest BCUT2D eigenvalue weighted by molar-refractivity contribution is 5.87. The van der Waals surface area contributed by atoms with Gasteiger partial charge in [0.25, 0.3) is 0 Å². The molecule has 102 valence electrons. The van der Waals surface area contributed by atoms with Crippen molar-refractivity contribution in [3.8, 4) is 11.3 Å². The number of nitrogens with zero attached hydrogens (tertiary/aromatic N) is 1. The minimum absolute atomic E-state index is 0.216. The second-order valence-electron chi connectivity index (χ2n) is 4.89. The van der Waals surface area contributed by atoms with Crippen molar-refractivity contribution in [2.45, 2.75) is 18.9 Å². The lowest BCUT2D eigenvalue weighted by Gasteiger charge is -2.13. The van der Waals surface area contributed by atoms with Crippen molar-refractivity contribution in [2.75, 3.05) is 0 Å². The van der Waals surface area contributed by atoms with Gasteiger partial charge in [0, 0.05) is 18.3 Å². The van der Waals surface area contributed by atoms with E-state index in [0.717, 1.165) is 12.8 Å². The Bertz CT molecular complexity index is 730. The molecular weight excluding hydrogens is 261 g/mol. The van der Waals surface area contributed by atoms with E-state index < -0.39 is 11.4 Å². The molecule has 0 unspecified atom stereocenters. The van der Waals surface area contributed by atoms with Crippen molar-refractivity contribution in [2.24, 2.45) is 0 Å². The average Bonchev–Trinajstić information content (AvgIpc) is 3.23. The summed E-state index contributed by atoms with van der Waals surface area (Å²) in [4.78, 5) is 22.9. The SMILES string of the molecule is O=C(O)c1cn(C2CC2)c(-c2ccc(F)cc2)cc1=O.